The smallest absolute Gasteiger partial charge is 0.244 e. The van der Waals surface area contributed by atoms with E-state index in [2.05, 4.69) is 5.10 Å². The maximum absolute atomic E-state index is 12.5. The molecule has 1 aromatic heterocycles. The van der Waals surface area contributed by atoms with Gasteiger partial charge >= 0.3 is 0 Å². The molecular formula is C15H26Cl2N4O. The quantitative estimate of drug-likeness (QED) is 0.887. The fourth-order valence-electron chi connectivity index (χ4n) is 3.78. The van der Waals surface area contributed by atoms with Crippen molar-refractivity contribution < 1.29 is 4.79 Å². The van der Waals surface area contributed by atoms with Crippen molar-refractivity contribution in [1.82, 2.24) is 14.7 Å². The Balaban J connectivity index is 0.00000121. The van der Waals surface area contributed by atoms with Crippen LogP contribution in [-0.2, 0) is 11.3 Å². The zero-order valence-electron chi connectivity index (χ0n) is 13.2. The molecule has 2 fully saturated rings. The Labute approximate surface area is 144 Å². The van der Waals surface area contributed by atoms with Gasteiger partial charge in [0.25, 0.3) is 0 Å². The lowest BCUT2D eigenvalue weighted by Crippen LogP contribution is -2.38. The molecule has 3 rings (SSSR count). The molecule has 3 atom stereocenters. The van der Waals surface area contributed by atoms with E-state index in [1.54, 1.807) is 4.68 Å². The minimum Gasteiger partial charge on any atom is -0.340 e. The van der Waals surface area contributed by atoms with Gasteiger partial charge in [0, 0.05) is 24.8 Å². The van der Waals surface area contributed by atoms with Crippen LogP contribution in [0.15, 0.2) is 6.07 Å². The molecule has 0 bridgehead atoms. The fourth-order valence-corrected chi connectivity index (χ4v) is 3.78. The van der Waals surface area contributed by atoms with Crippen LogP contribution < -0.4 is 5.73 Å². The van der Waals surface area contributed by atoms with Crippen molar-refractivity contribution in [3.63, 3.8) is 0 Å². The molecule has 22 heavy (non-hydrogen) atoms. The standard InChI is InChI=1S/C15H24N4O.2ClH/c1-10-6-11(2)19(17-10)9-15(20)18-7-12-4-3-5-14(16)13(12)8-18;;/h6,12-14H,3-5,7-9,16H2,1-2H3;2*1H. The summed E-state index contributed by atoms with van der Waals surface area (Å²) in [6.07, 6.45) is 3.55. The monoisotopic (exact) mass is 348 g/mol. The molecular weight excluding hydrogens is 323 g/mol. The topological polar surface area (TPSA) is 64.2 Å². The summed E-state index contributed by atoms with van der Waals surface area (Å²) in [5.74, 6) is 1.30. The van der Waals surface area contributed by atoms with Gasteiger partial charge < -0.3 is 10.6 Å². The van der Waals surface area contributed by atoms with Crippen LogP contribution in [0.25, 0.3) is 0 Å². The van der Waals surface area contributed by atoms with Gasteiger partial charge in [-0.25, -0.2) is 0 Å². The van der Waals surface area contributed by atoms with Gasteiger partial charge in [-0.2, -0.15) is 5.10 Å². The van der Waals surface area contributed by atoms with Gasteiger partial charge in [0.1, 0.15) is 6.54 Å². The molecule has 0 spiro atoms. The number of nitrogens with zero attached hydrogens (tertiary/aromatic N) is 3. The SMILES string of the molecule is Cc1cc(C)n(CC(=O)N2CC3CCCC(N)C3C2)n1.Cl.Cl. The summed E-state index contributed by atoms with van der Waals surface area (Å²) in [5, 5.41) is 4.37. The number of rotatable bonds is 2. The summed E-state index contributed by atoms with van der Waals surface area (Å²) in [4.78, 5) is 14.4. The van der Waals surface area contributed by atoms with E-state index >= 15 is 0 Å². The van der Waals surface area contributed by atoms with Crippen LogP contribution in [0.4, 0.5) is 0 Å². The first-order valence-corrected chi connectivity index (χ1v) is 7.59. The van der Waals surface area contributed by atoms with Gasteiger partial charge in [0.05, 0.1) is 5.69 Å². The highest BCUT2D eigenvalue weighted by molar-refractivity contribution is 5.85. The van der Waals surface area contributed by atoms with E-state index in [-0.39, 0.29) is 36.8 Å². The Bertz CT molecular complexity index is 520. The number of nitrogens with two attached hydrogens (primary N) is 1. The first-order chi connectivity index (χ1) is 9.54. The van der Waals surface area contributed by atoms with Crippen molar-refractivity contribution in [1.29, 1.82) is 0 Å². The number of fused-ring (bicyclic) bond motifs is 1. The van der Waals surface area contributed by atoms with Gasteiger partial charge in [-0.1, -0.05) is 6.42 Å². The molecule has 2 aliphatic rings. The van der Waals surface area contributed by atoms with Crippen LogP contribution in [0.2, 0.25) is 0 Å². The van der Waals surface area contributed by atoms with E-state index in [9.17, 15) is 4.79 Å². The van der Waals surface area contributed by atoms with Gasteiger partial charge in [-0.15, -0.1) is 24.8 Å². The van der Waals surface area contributed by atoms with Gasteiger partial charge in [0.2, 0.25) is 5.91 Å². The van der Waals surface area contributed by atoms with Crippen LogP contribution in [0.1, 0.15) is 30.7 Å². The van der Waals surface area contributed by atoms with Crippen molar-refractivity contribution >= 4 is 30.7 Å². The lowest BCUT2D eigenvalue weighted by molar-refractivity contribution is -0.131. The Kier molecular flexibility index (Phi) is 6.71. The Morgan fingerprint density at radius 3 is 2.64 bits per heavy atom. The van der Waals surface area contributed by atoms with Crippen LogP contribution in [0.5, 0.6) is 0 Å². The third-order valence-corrected chi connectivity index (χ3v) is 4.90. The van der Waals surface area contributed by atoms with Crippen LogP contribution in [0.3, 0.4) is 0 Å². The maximum Gasteiger partial charge on any atom is 0.244 e. The number of aromatic nitrogens is 2. The predicted octanol–water partition coefficient (Wildman–Crippen LogP) is 1.93. The largest absolute Gasteiger partial charge is 0.340 e. The minimum absolute atomic E-state index is 0. The Morgan fingerprint density at radius 1 is 1.32 bits per heavy atom. The van der Waals surface area contributed by atoms with E-state index in [0.717, 1.165) is 30.9 Å². The average Bonchev–Trinajstić information content (AvgIpc) is 2.94. The molecule has 1 saturated carbocycles. The molecule has 7 heteroatoms. The number of hydrogen-bond acceptors (Lipinski definition) is 3. The highest BCUT2D eigenvalue weighted by Crippen LogP contribution is 2.35. The van der Waals surface area contributed by atoms with Gasteiger partial charge in [-0.3, -0.25) is 9.48 Å². The van der Waals surface area contributed by atoms with Crippen LogP contribution in [0, 0.1) is 25.7 Å². The third-order valence-electron chi connectivity index (χ3n) is 4.90. The van der Waals surface area contributed by atoms with Crippen molar-refractivity contribution in [3.05, 3.63) is 17.5 Å². The summed E-state index contributed by atoms with van der Waals surface area (Å²) >= 11 is 0. The van der Waals surface area contributed by atoms with Gasteiger partial charge in [0.15, 0.2) is 0 Å². The molecule has 1 amide bonds. The zero-order valence-corrected chi connectivity index (χ0v) is 14.8. The summed E-state index contributed by atoms with van der Waals surface area (Å²) in [7, 11) is 0. The van der Waals surface area contributed by atoms with Crippen molar-refractivity contribution in [2.45, 2.75) is 45.7 Å². The lowest BCUT2D eigenvalue weighted by atomic mass is 9.78. The molecule has 126 valence electrons. The molecule has 0 radical (unpaired) electrons. The Hall–Kier alpha value is -0.780. The lowest BCUT2D eigenvalue weighted by Gasteiger charge is -2.29. The van der Waals surface area contributed by atoms with Gasteiger partial charge in [-0.05, 0) is 44.6 Å². The summed E-state index contributed by atoms with van der Waals surface area (Å²) in [6.45, 7) is 6.03. The molecule has 0 aromatic carbocycles. The Morgan fingerprint density at radius 2 is 2.05 bits per heavy atom. The molecule has 1 saturated heterocycles. The van der Waals surface area contributed by atoms with Crippen molar-refractivity contribution in [2.24, 2.45) is 17.6 Å². The molecule has 1 aliphatic carbocycles. The number of amides is 1. The van der Waals surface area contributed by atoms with E-state index in [1.807, 2.05) is 24.8 Å². The average molecular weight is 349 g/mol. The zero-order chi connectivity index (χ0) is 14.3. The summed E-state index contributed by atoms with van der Waals surface area (Å²) < 4.78 is 1.81. The maximum atomic E-state index is 12.5. The first-order valence-electron chi connectivity index (χ1n) is 7.59. The van der Waals surface area contributed by atoms with Crippen LogP contribution >= 0.6 is 24.8 Å². The molecule has 1 aromatic rings. The number of likely N-dealkylation sites (tertiary alicyclic amines) is 1. The second-order valence-electron chi connectivity index (χ2n) is 6.40. The molecule has 3 unspecified atom stereocenters. The van der Waals surface area contributed by atoms with Crippen molar-refractivity contribution in [3.8, 4) is 0 Å². The second-order valence-corrected chi connectivity index (χ2v) is 6.40. The normalized spacial score (nSPS) is 26.9. The third kappa shape index (κ3) is 3.76. The van der Waals surface area contributed by atoms with Crippen molar-refractivity contribution in [2.75, 3.05) is 13.1 Å². The van der Waals surface area contributed by atoms with E-state index in [1.165, 1.54) is 12.8 Å². The number of aryl methyl sites for hydroxylation is 2. The number of carbonyl (C=O) groups excluding carboxylic acids is 1. The molecule has 5 nitrogen and oxygen atoms in total. The number of carbonyl (C=O) groups is 1. The second kappa shape index (κ2) is 7.66. The highest BCUT2D eigenvalue weighted by atomic mass is 35.5. The number of halogens is 2. The fraction of sp³-hybridized carbons (Fsp3) is 0.733. The molecule has 1 aliphatic heterocycles. The predicted molar refractivity (Wildman–Crippen MR) is 91.6 cm³/mol. The van der Waals surface area contributed by atoms with E-state index in [4.69, 9.17) is 5.73 Å². The summed E-state index contributed by atoms with van der Waals surface area (Å²) in [5.41, 5.74) is 8.22. The highest BCUT2D eigenvalue weighted by Gasteiger charge is 2.40. The summed E-state index contributed by atoms with van der Waals surface area (Å²) in [6, 6.07) is 2.28. The van der Waals surface area contributed by atoms with E-state index < -0.39 is 0 Å². The minimum atomic E-state index is 0. The first kappa shape index (κ1) is 19.3. The molecule has 2 heterocycles. The number of hydrogen-bond donors (Lipinski definition) is 1. The molecule has 2 N–H and O–H groups in total. The van der Waals surface area contributed by atoms with Crippen LogP contribution in [-0.4, -0.2) is 39.7 Å². The van der Waals surface area contributed by atoms with E-state index in [0.29, 0.717) is 18.4 Å².